The van der Waals surface area contributed by atoms with Crippen LogP contribution in [-0.4, -0.2) is 21.0 Å². The molecule has 4 rings (SSSR count). The second kappa shape index (κ2) is 5.35. The second-order valence-electron chi connectivity index (χ2n) is 4.90. The molecule has 0 atom stereocenters. The Morgan fingerprint density at radius 3 is 2.79 bits per heavy atom. The SMILES string of the molecule is FC(F)(F)Oc1cccc2cc(-c3cnc4ccc(Cl)nn34)sc12. The van der Waals surface area contributed by atoms with Gasteiger partial charge in [0.05, 0.1) is 15.8 Å². The number of thiophene rings is 1. The smallest absolute Gasteiger partial charge is 0.404 e. The average Bonchev–Trinajstić information content (AvgIpc) is 3.09. The Morgan fingerprint density at radius 2 is 2.00 bits per heavy atom. The summed E-state index contributed by atoms with van der Waals surface area (Å²) < 4.78 is 43.7. The number of fused-ring (bicyclic) bond motifs is 2. The van der Waals surface area contributed by atoms with Gasteiger partial charge in [-0.05, 0) is 29.7 Å². The molecule has 3 heterocycles. The largest absolute Gasteiger partial charge is 0.573 e. The van der Waals surface area contributed by atoms with Gasteiger partial charge in [-0.1, -0.05) is 23.7 Å². The number of hydrogen-bond acceptors (Lipinski definition) is 4. The lowest BCUT2D eigenvalue weighted by atomic mass is 10.2. The number of nitrogens with zero attached hydrogens (tertiary/aromatic N) is 3. The predicted octanol–water partition coefficient (Wildman–Crippen LogP) is 5.16. The number of rotatable bonds is 2. The monoisotopic (exact) mass is 369 g/mol. The fraction of sp³-hybridized carbons (Fsp3) is 0.0667. The highest BCUT2D eigenvalue weighted by Crippen LogP contribution is 2.40. The molecule has 0 aliphatic rings. The Hall–Kier alpha value is -2.32. The number of benzene rings is 1. The molecule has 0 N–H and O–H groups in total. The van der Waals surface area contributed by atoms with Crippen LogP contribution in [-0.2, 0) is 0 Å². The van der Waals surface area contributed by atoms with Gasteiger partial charge in [-0.2, -0.15) is 5.10 Å². The van der Waals surface area contributed by atoms with Crippen LogP contribution < -0.4 is 4.74 Å². The molecule has 0 fully saturated rings. The van der Waals surface area contributed by atoms with E-state index in [1.807, 2.05) is 0 Å². The minimum Gasteiger partial charge on any atom is -0.404 e. The number of aromatic nitrogens is 3. The number of alkyl halides is 3. The molecular weight excluding hydrogens is 363 g/mol. The molecule has 4 nitrogen and oxygen atoms in total. The van der Waals surface area contributed by atoms with Crippen LogP contribution in [0.4, 0.5) is 13.2 Å². The maximum Gasteiger partial charge on any atom is 0.573 e. The lowest BCUT2D eigenvalue weighted by Crippen LogP contribution is -2.17. The summed E-state index contributed by atoms with van der Waals surface area (Å²) in [7, 11) is 0. The van der Waals surface area contributed by atoms with Crippen molar-refractivity contribution in [3.8, 4) is 16.3 Å². The Labute approximate surface area is 142 Å². The van der Waals surface area contributed by atoms with Crippen LogP contribution in [0.3, 0.4) is 0 Å². The summed E-state index contributed by atoms with van der Waals surface area (Å²) in [6.45, 7) is 0. The first kappa shape index (κ1) is 15.2. The summed E-state index contributed by atoms with van der Waals surface area (Å²) in [5.41, 5.74) is 1.24. The minimum absolute atomic E-state index is 0.226. The highest BCUT2D eigenvalue weighted by molar-refractivity contribution is 7.22. The number of hydrogen-bond donors (Lipinski definition) is 0. The van der Waals surface area contributed by atoms with Crippen molar-refractivity contribution in [1.29, 1.82) is 0 Å². The molecule has 3 aromatic heterocycles. The zero-order chi connectivity index (χ0) is 16.9. The van der Waals surface area contributed by atoms with Gasteiger partial charge in [-0.15, -0.1) is 24.5 Å². The topological polar surface area (TPSA) is 39.4 Å². The molecule has 4 aromatic rings. The zero-order valence-corrected chi connectivity index (χ0v) is 13.3. The Morgan fingerprint density at radius 1 is 1.17 bits per heavy atom. The van der Waals surface area contributed by atoms with E-state index < -0.39 is 6.36 Å². The minimum atomic E-state index is -4.74. The molecule has 0 saturated heterocycles. The highest BCUT2D eigenvalue weighted by atomic mass is 35.5. The van der Waals surface area contributed by atoms with E-state index in [0.717, 1.165) is 0 Å². The van der Waals surface area contributed by atoms with Gasteiger partial charge in [0.1, 0.15) is 16.6 Å². The van der Waals surface area contributed by atoms with Gasteiger partial charge in [-0.3, -0.25) is 0 Å². The van der Waals surface area contributed by atoms with Crippen LogP contribution in [0.1, 0.15) is 0 Å². The molecule has 0 aliphatic carbocycles. The van der Waals surface area contributed by atoms with E-state index in [4.69, 9.17) is 11.6 Å². The molecule has 24 heavy (non-hydrogen) atoms. The van der Waals surface area contributed by atoms with Crippen molar-refractivity contribution in [3.63, 3.8) is 0 Å². The number of halogens is 4. The standard InChI is InChI=1S/C15H7ClF3N3OS/c16-12-4-5-13-20-7-9(22(13)21-12)11-6-8-2-1-3-10(14(8)24-11)23-15(17,18)19/h1-7H. The third-order valence-electron chi connectivity index (χ3n) is 3.32. The molecule has 122 valence electrons. The van der Waals surface area contributed by atoms with Crippen molar-refractivity contribution >= 4 is 38.7 Å². The van der Waals surface area contributed by atoms with E-state index in [1.165, 1.54) is 23.5 Å². The normalized spacial score (nSPS) is 12.2. The molecule has 0 unspecified atom stereocenters. The van der Waals surface area contributed by atoms with Gasteiger partial charge in [0, 0.05) is 0 Å². The van der Waals surface area contributed by atoms with Gasteiger partial charge in [0.15, 0.2) is 5.65 Å². The average molecular weight is 370 g/mol. The van der Waals surface area contributed by atoms with Crippen LogP contribution in [0.15, 0.2) is 42.6 Å². The lowest BCUT2D eigenvalue weighted by Gasteiger charge is -2.08. The summed E-state index contributed by atoms with van der Waals surface area (Å²) >= 11 is 7.08. The van der Waals surface area contributed by atoms with Gasteiger partial charge in [0.2, 0.25) is 0 Å². The molecule has 0 radical (unpaired) electrons. The third-order valence-corrected chi connectivity index (χ3v) is 4.71. The maximum absolute atomic E-state index is 12.5. The van der Waals surface area contributed by atoms with Crippen molar-refractivity contribution in [2.75, 3.05) is 0 Å². The lowest BCUT2D eigenvalue weighted by molar-refractivity contribution is -0.274. The number of imidazole rings is 1. The Kier molecular flexibility index (Phi) is 3.40. The first-order valence-corrected chi connectivity index (χ1v) is 7.89. The van der Waals surface area contributed by atoms with Gasteiger partial charge in [-0.25, -0.2) is 9.50 Å². The first-order chi connectivity index (χ1) is 11.4. The van der Waals surface area contributed by atoms with Crippen LogP contribution in [0.5, 0.6) is 5.75 Å². The van der Waals surface area contributed by atoms with Crippen molar-refractivity contribution in [2.24, 2.45) is 0 Å². The van der Waals surface area contributed by atoms with Crippen LogP contribution in [0.2, 0.25) is 5.15 Å². The summed E-state index contributed by atoms with van der Waals surface area (Å²) in [4.78, 5) is 4.94. The van der Waals surface area contributed by atoms with Crippen LogP contribution >= 0.6 is 22.9 Å². The van der Waals surface area contributed by atoms with Crippen LogP contribution in [0.25, 0.3) is 26.3 Å². The van der Waals surface area contributed by atoms with Gasteiger partial charge >= 0.3 is 6.36 Å². The fourth-order valence-electron chi connectivity index (χ4n) is 2.39. The van der Waals surface area contributed by atoms with E-state index in [-0.39, 0.29) is 5.75 Å². The van der Waals surface area contributed by atoms with E-state index in [0.29, 0.717) is 31.5 Å². The maximum atomic E-state index is 12.5. The van der Waals surface area contributed by atoms with Crippen LogP contribution in [0, 0.1) is 0 Å². The Bertz CT molecular complexity index is 1060. The predicted molar refractivity (Wildman–Crippen MR) is 85.5 cm³/mol. The van der Waals surface area contributed by atoms with Gasteiger partial charge < -0.3 is 4.74 Å². The van der Waals surface area contributed by atoms with Crippen molar-refractivity contribution < 1.29 is 17.9 Å². The highest BCUT2D eigenvalue weighted by Gasteiger charge is 2.32. The fourth-order valence-corrected chi connectivity index (χ4v) is 3.63. The second-order valence-corrected chi connectivity index (χ2v) is 6.34. The molecule has 0 amide bonds. The van der Waals surface area contributed by atoms with Gasteiger partial charge in [0.25, 0.3) is 0 Å². The summed E-state index contributed by atoms with van der Waals surface area (Å²) in [6, 6.07) is 9.64. The third kappa shape index (κ3) is 2.67. The Balaban J connectivity index is 1.88. The summed E-state index contributed by atoms with van der Waals surface area (Å²) in [5, 5.41) is 5.12. The van der Waals surface area contributed by atoms with Crippen molar-refractivity contribution in [1.82, 2.24) is 14.6 Å². The number of ether oxygens (including phenoxy) is 1. The molecule has 0 spiro atoms. The molecule has 0 saturated carbocycles. The molecule has 0 aliphatic heterocycles. The van der Waals surface area contributed by atoms with E-state index >= 15 is 0 Å². The van der Waals surface area contributed by atoms with E-state index in [1.54, 1.807) is 35.0 Å². The summed E-state index contributed by atoms with van der Waals surface area (Å²) in [5.74, 6) is -0.226. The quantitative estimate of drug-likeness (QED) is 0.489. The molecule has 1 aromatic carbocycles. The molecule has 0 bridgehead atoms. The first-order valence-electron chi connectivity index (χ1n) is 6.70. The van der Waals surface area contributed by atoms with E-state index in [2.05, 4.69) is 14.8 Å². The van der Waals surface area contributed by atoms with Crippen molar-refractivity contribution in [3.05, 3.63) is 47.7 Å². The zero-order valence-electron chi connectivity index (χ0n) is 11.7. The van der Waals surface area contributed by atoms with E-state index in [9.17, 15) is 13.2 Å². The molecule has 9 heteroatoms. The summed E-state index contributed by atoms with van der Waals surface area (Å²) in [6.07, 6.45) is -3.13. The van der Waals surface area contributed by atoms with Crippen molar-refractivity contribution in [2.45, 2.75) is 6.36 Å². The molecular formula is C15H7ClF3N3OS.